The summed E-state index contributed by atoms with van der Waals surface area (Å²) < 4.78 is 0. The minimum absolute atomic E-state index is 0.00209. The Hall–Kier alpha value is -1.88. The maximum Gasteiger partial charge on any atom is 0.227 e. The van der Waals surface area contributed by atoms with Crippen LogP contribution in [0.5, 0.6) is 0 Å². The summed E-state index contributed by atoms with van der Waals surface area (Å²) in [6.45, 7) is 4.65. The Morgan fingerprint density at radius 3 is 2.68 bits per heavy atom. The van der Waals surface area contributed by atoms with Crippen molar-refractivity contribution in [1.29, 1.82) is 0 Å². The summed E-state index contributed by atoms with van der Waals surface area (Å²) in [6.07, 6.45) is 3.86. The summed E-state index contributed by atoms with van der Waals surface area (Å²) in [5, 5.41) is 9.19. The van der Waals surface area contributed by atoms with Crippen LogP contribution in [0.4, 0.5) is 0 Å². The van der Waals surface area contributed by atoms with Crippen LogP contribution < -0.4 is 0 Å². The molecule has 0 bridgehead atoms. The Bertz CT molecular complexity index is 628. The fourth-order valence-corrected chi connectivity index (χ4v) is 4.17. The predicted molar refractivity (Wildman–Crippen MR) is 96.0 cm³/mol. The Balaban J connectivity index is 1.64. The van der Waals surface area contributed by atoms with E-state index in [-0.39, 0.29) is 23.8 Å². The molecule has 0 aromatic heterocycles. The molecule has 2 aliphatic rings. The summed E-state index contributed by atoms with van der Waals surface area (Å²) in [7, 11) is 0. The van der Waals surface area contributed by atoms with Crippen molar-refractivity contribution in [1.82, 2.24) is 9.80 Å². The number of piperidine rings is 2. The molecule has 0 radical (unpaired) electrons. The van der Waals surface area contributed by atoms with Gasteiger partial charge in [-0.2, -0.15) is 0 Å². The SMILES string of the molecule is Cc1ccc(CC(=O)N2CCC[C@]3(CCC(=O)N(CCO)C3)C2)cc1. The third-order valence-electron chi connectivity index (χ3n) is 5.61. The van der Waals surface area contributed by atoms with Crippen LogP contribution >= 0.6 is 0 Å². The second kappa shape index (κ2) is 7.56. The molecule has 5 nitrogen and oxygen atoms in total. The number of aliphatic hydroxyl groups excluding tert-OH is 1. The molecule has 2 saturated heterocycles. The van der Waals surface area contributed by atoms with Gasteiger partial charge in [0.15, 0.2) is 0 Å². The predicted octanol–water partition coefficient (Wildman–Crippen LogP) is 1.76. The number of aryl methyl sites for hydroxylation is 1. The van der Waals surface area contributed by atoms with Gasteiger partial charge in [0.1, 0.15) is 0 Å². The Morgan fingerprint density at radius 2 is 1.96 bits per heavy atom. The van der Waals surface area contributed by atoms with E-state index >= 15 is 0 Å². The van der Waals surface area contributed by atoms with E-state index in [1.165, 1.54) is 5.56 Å². The molecule has 1 N–H and O–H groups in total. The molecule has 1 spiro atoms. The minimum atomic E-state index is -0.00209. The van der Waals surface area contributed by atoms with Gasteiger partial charge in [-0.15, -0.1) is 0 Å². The Kier molecular flexibility index (Phi) is 5.42. The smallest absolute Gasteiger partial charge is 0.227 e. The average molecular weight is 344 g/mol. The highest BCUT2D eigenvalue weighted by molar-refractivity contribution is 5.79. The third kappa shape index (κ3) is 4.21. The third-order valence-corrected chi connectivity index (χ3v) is 5.61. The van der Waals surface area contributed by atoms with E-state index in [1.807, 2.05) is 36.1 Å². The Labute approximate surface area is 149 Å². The molecule has 1 aromatic rings. The first-order chi connectivity index (χ1) is 12.0. The molecule has 2 aliphatic heterocycles. The largest absolute Gasteiger partial charge is 0.395 e. The monoisotopic (exact) mass is 344 g/mol. The summed E-state index contributed by atoms with van der Waals surface area (Å²) in [5.41, 5.74) is 2.25. The van der Waals surface area contributed by atoms with Gasteiger partial charge >= 0.3 is 0 Å². The Morgan fingerprint density at radius 1 is 1.20 bits per heavy atom. The van der Waals surface area contributed by atoms with Gasteiger partial charge < -0.3 is 14.9 Å². The first-order valence-electron chi connectivity index (χ1n) is 9.23. The zero-order valence-corrected chi connectivity index (χ0v) is 15.0. The normalized spacial score (nSPS) is 24.0. The lowest BCUT2D eigenvalue weighted by Gasteiger charge is -2.48. The highest BCUT2D eigenvalue weighted by Crippen LogP contribution is 2.38. The fraction of sp³-hybridized carbons (Fsp3) is 0.600. The van der Waals surface area contributed by atoms with Gasteiger partial charge in [0, 0.05) is 38.0 Å². The molecule has 5 heteroatoms. The highest BCUT2D eigenvalue weighted by atomic mass is 16.3. The van der Waals surface area contributed by atoms with Crippen LogP contribution in [0.25, 0.3) is 0 Å². The summed E-state index contributed by atoms with van der Waals surface area (Å²) in [5.74, 6) is 0.302. The molecular weight excluding hydrogens is 316 g/mol. The number of amides is 2. The second-order valence-electron chi connectivity index (χ2n) is 7.62. The lowest BCUT2D eigenvalue weighted by Crippen LogP contribution is -2.55. The fourth-order valence-electron chi connectivity index (χ4n) is 4.17. The van der Waals surface area contributed by atoms with Crippen molar-refractivity contribution in [3.63, 3.8) is 0 Å². The van der Waals surface area contributed by atoms with Crippen molar-refractivity contribution in [2.24, 2.45) is 5.41 Å². The first kappa shape index (κ1) is 17.9. The van der Waals surface area contributed by atoms with Gasteiger partial charge in [-0.3, -0.25) is 9.59 Å². The molecule has 25 heavy (non-hydrogen) atoms. The number of carbonyl (C=O) groups is 2. The lowest BCUT2D eigenvalue weighted by molar-refractivity contribution is -0.143. The van der Waals surface area contributed by atoms with E-state index in [4.69, 9.17) is 0 Å². The summed E-state index contributed by atoms with van der Waals surface area (Å²) in [4.78, 5) is 28.5. The topological polar surface area (TPSA) is 60.9 Å². The maximum absolute atomic E-state index is 12.8. The van der Waals surface area contributed by atoms with Crippen LogP contribution in [0, 0.1) is 12.3 Å². The minimum Gasteiger partial charge on any atom is -0.395 e. The van der Waals surface area contributed by atoms with Crippen LogP contribution in [-0.4, -0.2) is 59.5 Å². The van der Waals surface area contributed by atoms with Crippen molar-refractivity contribution in [3.8, 4) is 0 Å². The van der Waals surface area contributed by atoms with Crippen molar-refractivity contribution in [2.75, 3.05) is 32.8 Å². The van der Waals surface area contributed by atoms with E-state index in [9.17, 15) is 14.7 Å². The average Bonchev–Trinajstić information content (AvgIpc) is 2.61. The summed E-state index contributed by atoms with van der Waals surface area (Å²) >= 11 is 0. The number of β-amino-alcohol motifs (C(OH)–C–C–N with tert-alkyl or cyclic N) is 1. The summed E-state index contributed by atoms with van der Waals surface area (Å²) in [6, 6.07) is 8.13. The van der Waals surface area contributed by atoms with E-state index in [0.717, 1.165) is 37.9 Å². The second-order valence-corrected chi connectivity index (χ2v) is 7.62. The molecule has 2 fully saturated rings. The van der Waals surface area contributed by atoms with Crippen molar-refractivity contribution < 1.29 is 14.7 Å². The van der Waals surface area contributed by atoms with E-state index in [0.29, 0.717) is 25.9 Å². The van der Waals surface area contributed by atoms with Crippen LogP contribution in [-0.2, 0) is 16.0 Å². The molecule has 0 aliphatic carbocycles. The van der Waals surface area contributed by atoms with Gasteiger partial charge in [0.25, 0.3) is 0 Å². The van der Waals surface area contributed by atoms with Crippen molar-refractivity contribution in [2.45, 2.75) is 39.0 Å². The van der Waals surface area contributed by atoms with Crippen LogP contribution in [0.3, 0.4) is 0 Å². The van der Waals surface area contributed by atoms with Crippen LogP contribution in [0.2, 0.25) is 0 Å². The number of aliphatic hydroxyl groups is 1. The van der Waals surface area contributed by atoms with E-state index in [2.05, 4.69) is 0 Å². The van der Waals surface area contributed by atoms with Gasteiger partial charge in [-0.1, -0.05) is 29.8 Å². The maximum atomic E-state index is 12.8. The highest BCUT2D eigenvalue weighted by Gasteiger charge is 2.42. The zero-order valence-electron chi connectivity index (χ0n) is 15.0. The number of hydrogen-bond acceptors (Lipinski definition) is 3. The number of benzene rings is 1. The van der Waals surface area contributed by atoms with E-state index < -0.39 is 0 Å². The van der Waals surface area contributed by atoms with Crippen molar-refractivity contribution >= 4 is 11.8 Å². The zero-order chi connectivity index (χ0) is 17.9. The number of rotatable bonds is 4. The number of hydrogen-bond donors (Lipinski definition) is 1. The molecule has 1 aromatic carbocycles. The van der Waals surface area contributed by atoms with Gasteiger partial charge in [-0.25, -0.2) is 0 Å². The molecule has 2 amide bonds. The van der Waals surface area contributed by atoms with E-state index in [1.54, 1.807) is 4.90 Å². The molecule has 2 heterocycles. The van der Waals surface area contributed by atoms with Crippen LogP contribution in [0.15, 0.2) is 24.3 Å². The number of nitrogens with zero attached hydrogens (tertiary/aromatic N) is 2. The van der Waals surface area contributed by atoms with Crippen molar-refractivity contribution in [3.05, 3.63) is 35.4 Å². The van der Waals surface area contributed by atoms with Gasteiger partial charge in [-0.05, 0) is 31.7 Å². The molecule has 136 valence electrons. The standard InChI is InChI=1S/C20H28N2O3/c1-16-3-5-17(6-4-16)13-19(25)21-10-2-8-20(14-21)9-7-18(24)22(15-20)11-12-23/h3-6,23H,2,7-15H2,1H3/t20-/m0/s1. The van der Waals surface area contributed by atoms with Gasteiger partial charge in [0.05, 0.1) is 13.0 Å². The quantitative estimate of drug-likeness (QED) is 0.905. The number of likely N-dealkylation sites (tertiary alicyclic amines) is 2. The van der Waals surface area contributed by atoms with Gasteiger partial charge in [0.2, 0.25) is 11.8 Å². The molecule has 0 saturated carbocycles. The molecule has 1 atom stereocenters. The molecule has 3 rings (SSSR count). The number of carbonyl (C=O) groups excluding carboxylic acids is 2. The van der Waals surface area contributed by atoms with Crippen LogP contribution in [0.1, 0.15) is 36.8 Å². The first-order valence-corrected chi connectivity index (χ1v) is 9.23. The molecule has 0 unspecified atom stereocenters. The lowest BCUT2D eigenvalue weighted by atomic mass is 9.73. The molecular formula is C20H28N2O3.